The maximum Gasteiger partial charge on any atom is 0.224 e. The quantitative estimate of drug-likeness (QED) is 0.762. The van der Waals surface area contributed by atoms with Crippen LogP contribution in [0.2, 0.25) is 0 Å². The molecule has 2 rings (SSSR count). The Balaban J connectivity index is 2.14. The Morgan fingerprint density at radius 1 is 1.33 bits per heavy atom. The Bertz CT molecular complexity index is 351. The van der Waals surface area contributed by atoms with Crippen LogP contribution in [0.15, 0.2) is 24.5 Å². The highest BCUT2D eigenvalue weighted by atomic mass is 32.1. The highest BCUT2D eigenvalue weighted by molar-refractivity contribution is 7.15. The van der Waals surface area contributed by atoms with Crippen molar-refractivity contribution in [2.45, 2.75) is 6.92 Å². The van der Waals surface area contributed by atoms with Crippen molar-refractivity contribution < 1.29 is 0 Å². The van der Waals surface area contributed by atoms with E-state index in [1.54, 1.807) is 0 Å². The largest absolute Gasteiger partial charge is 0.269 e. The van der Waals surface area contributed by atoms with Crippen molar-refractivity contribution in [3.8, 4) is 0 Å². The second-order valence-corrected chi connectivity index (χ2v) is 3.51. The molecule has 2 heterocycles. The minimum absolute atomic E-state index is 0.809. The van der Waals surface area contributed by atoms with Crippen molar-refractivity contribution in [2.75, 3.05) is 5.43 Å². The minimum Gasteiger partial charge on any atom is -0.269 e. The zero-order valence-corrected chi connectivity index (χ0v) is 7.38. The molecule has 0 aromatic carbocycles. The summed E-state index contributed by atoms with van der Waals surface area (Å²) >= 11 is 1.53. The van der Waals surface area contributed by atoms with Crippen LogP contribution in [0.1, 0.15) is 5.01 Å². The minimum atomic E-state index is 0.809. The van der Waals surface area contributed by atoms with Crippen molar-refractivity contribution in [1.82, 2.24) is 14.9 Å². The molecule has 0 saturated carbocycles. The molecule has 0 aliphatic carbocycles. The lowest BCUT2D eigenvalue weighted by atomic mass is 10.7. The zero-order valence-electron chi connectivity index (χ0n) is 6.56. The van der Waals surface area contributed by atoms with Gasteiger partial charge < -0.3 is 0 Å². The van der Waals surface area contributed by atoms with Crippen LogP contribution in [-0.2, 0) is 0 Å². The molecule has 2 aromatic rings. The van der Waals surface area contributed by atoms with E-state index >= 15 is 0 Å². The molecule has 2 aromatic heterocycles. The number of hydrogen-bond acceptors (Lipinski definition) is 4. The average molecular weight is 180 g/mol. The molecule has 0 fully saturated rings. The fourth-order valence-corrected chi connectivity index (χ4v) is 1.46. The average Bonchev–Trinajstić information content (AvgIpc) is 2.63. The van der Waals surface area contributed by atoms with Crippen molar-refractivity contribution >= 4 is 16.5 Å². The van der Waals surface area contributed by atoms with Crippen LogP contribution >= 0.6 is 11.3 Å². The van der Waals surface area contributed by atoms with Crippen LogP contribution < -0.4 is 5.43 Å². The summed E-state index contributed by atoms with van der Waals surface area (Å²) in [6, 6.07) is 3.89. The van der Waals surface area contributed by atoms with Gasteiger partial charge in [0.1, 0.15) is 5.01 Å². The van der Waals surface area contributed by atoms with E-state index in [4.69, 9.17) is 0 Å². The van der Waals surface area contributed by atoms with Gasteiger partial charge in [0.05, 0.1) is 0 Å². The van der Waals surface area contributed by atoms with Gasteiger partial charge in [-0.2, -0.15) is 0 Å². The number of aryl methyl sites for hydroxylation is 1. The fraction of sp³-hybridized carbons (Fsp3) is 0.143. The van der Waals surface area contributed by atoms with E-state index in [0.717, 1.165) is 10.1 Å². The number of nitrogens with zero attached hydrogens (tertiary/aromatic N) is 3. The van der Waals surface area contributed by atoms with E-state index in [9.17, 15) is 0 Å². The van der Waals surface area contributed by atoms with Crippen molar-refractivity contribution in [2.24, 2.45) is 0 Å². The summed E-state index contributed by atoms with van der Waals surface area (Å²) in [4.78, 5) is 0. The van der Waals surface area contributed by atoms with Gasteiger partial charge in [-0.25, -0.2) is 0 Å². The molecule has 0 atom stereocenters. The molecule has 0 bridgehead atoms. The first-order valence-electron chi connectivity index (χ1n) is 3.55. The lowest BCUT2D eigenvalue weighted by Gasteiger charge is -2.00. The van der Waals surface area contributed by atoms with Crippen LogP contribution in [0.4, 0.5) is 5.13 Å². The van der Waals surface area contributed by atoms with Crippen LogP contribution in [0.5, 0.6) is 0 Å². The van der Waals surface area contributed by atoms with Gasteiger partial charge in [-0.15, -0.1) is 10.2 Å². The number of aromatic nitrogens is 3. The molecular weight excluding hydrogens is 172 g/mol. The molecule has 0 saturated heterocycles. The second-order valence-electron chi connectivity index (χ2n) is 2.33. The van der Waals surface area contributed by atoms with Gasteiger partial charge in [0.15, 0.2) is 0 Å². The third kappa shape index (κ3) is 1.45. The van der Waals surface area contributed by atoms with Crippen LogP contribution in [0.3, 0.4) is 0 Å². The summed E-state index contributed by atoms with van der Waals surface area (Å²) in [5, 5.41) is 9.59. The van der Waals surface area contributed by atoms with Gasteiger partial charge in [0.2, 0.25) is 5.13 Å². The van der Waals surface area contributed by atoms with Crippen molar-refractivity contribution in [3.63, 3.8) is 0 Å². The Hall–Kier alpha value is -1.36. The van der Waals surface area contributed by atoms with E-state index in [1.165, 1.54) is 11.3 Å². The second kappa shape index (κ2) is 2.94. The third-order valence-electron chi connectivity index (χ3n) is 1.36. The standard InChI is InChI=1S/C7H8N4S/c1-6-8-9-7(12-6)10-11-4-2-3-5-11/h2-5H,1H3,(H,9,10). The van der Waals surface area contributed by atoms with Gasteiger partial charge >= 0.3 is 0 Å². The summed E-state index contributed by atoms with van der Waals surface area (Å²) in [7, 11) is 0. The fourth-order valence-electron chi connectivity index (χ4n) is 0.861. The molecule has 0 unspecified atom stereocenters. The predicted molar refractivity (Wildman–Crippen MR) is 48.1 cm³/mol. The molecule has 12 heavy (non-hydrogen) atoms. The monoisotopic (exact) mass is 180 g/mol. The molecule has 1 N–H and O–H groups in total. The SMILES string of the molecule is Cc1nnc(Nn2cccc2)s1. The predicted octanol–water partition coefficient (Wildman–Crippen LogP) is 1.52. The molecule has 0 aliphatic rings. The van der Waals surface area contributed by atoms with Gasteiger partial charge in [0.25, 0.3) is 0 Å². The molecule has 4 nitrogen and oxygen atoms in total. The highest BCUT2D eigenvalue weighted by Gasteiger charge is 1.97. The lowest BCUT2D eigenvalue weighted by molar-refractivity contribution is 0.940. The molecule has 0 amide bonds. The normalized spacial score (nSPS) is 10.1. The number of nitrogens with one attached hydrogen (secondary N) is 1. The van der Waals surface area contributed by atoms with Crippen molar-refractivity contribution in [3.05, 3.63) is 29.5 Å². The first-order valence-corrected chi connectivity index (χ1v) is 4.36. The topological polar surface area (TPSA) is 42.7 Å². The zero-order chi connectivity index (χ0) is 8.39. The van der Waals surface area contributed by atoms with Crippen LogP contribution in [-0.4, -0.2) is 14.9 Å². The van der Waals surface area contributed by atoms with E-state index in [-0.39, 0.29) is 0 Å². The van der Waals surface area contributed by atoms with E-state index < -0.39 is 0 Å². The summed E-state index contributed by atoms with van der Waals surface area (Å²) < 4.78 is 1.83. The molecule has 0 radical (unpaired) electrons. The van der Waals surface area contributed by atoms with E-state index in [0.29, 0.717) is 0 Å². The Morgan fingerprint density at radius 3 is 2.67 bits per heavy atom. The molecular formula is C7H8N4S. The Labute approximate surface area is 73.8 Å². The summed E-state index contributed by atoms with van der Waals surface area (Å²) in [5.41, 5.74) is 3.07. The third-order valence-corrected chi connectivity index (χ3v) is 2.10. The van der Waals surface area contributed by atoms with Gasteiger partial charge in [-0.05, 0) is 19.1 Å². The number of rotatable bonds is 2. The molecule has 5 heteroatoms. The molecule has 62 valence electrons. The van der Waals surface area contributed by atoms with Gasteiger partial charge in [-0.1, -0.05) is 11.3 Å². The van der Waals surface area contributed by atoms with Crippen LogP contribution in [0, 0.1) is 6.92 Å². The molecule has 0 spiro atoms. The maximum atomic E-state index is 3.93. The first-order chi connectivity index (χ1) is 5.84. The summed E-state index contributed by atoms with van der Waals surface area (Å²) in [5.74, 6) is 0. The van der Waals surface area contributed by atoms with Crippen molar-refractivity contribution in [1.29, 1.82) is 0 Å². The van der Waals surface area contributed by atoms with E-state index in [2.05, 4.69) is 15.6 Å². The van der Waals surface area contributed by atoms with Gasteiger partial charge in [-0.3, -0.25) is 10.1 Å². The summed E-state index contributed by atoms with van der Waals surface area (Å²) in [6.45, 7) is 1.93. The lowest BCUT2D eigenvalue weighted by Crippen LogP contribution is -2.04. The maximum absolute atomic E-state index is 3.93. The smallest absolute Gasteiger partial charge is 0.224 e. The first kappa shape index (κ1) is 7.30. The Morgan fingerprint density at radius 2 is 2.08 bits per heavy atom. The number of anilines is 1. The summed E-state index contributed by atoms with van der Waals surface area (Å²) in [6.07, 6.45) is 3.83. The Kier molecular flexibility index (Phi) is 1.79. The van der Waals surface area contributed by atoms with Gasteiger partial charge in [0, 0.05) is 12.4 Å². The number of hydrogen-bond donors (Lipinski definition) is 1. The molecule has 0 aliphatic heterocycles. The van der Waals surface area contributed by atoms with E-state index in [1.807, 2.05) is 36.1 Å². The highest BCUT2D eigenvalue weighted by Crippen LogP contribution is 2.13. The van der Waals surface area contributed by atoms with Crippen LogP contribution in [0.25, 0.3) is 0 Å².